The molecule has 5 rings (SSSR count). The Hall–Kier alpha value is -3.49. The van der Waals surface area contributed by atoms with Gasteiger partial charge in [0.15, 0.2) is 0 Å². The lowest BCUT2D eigenvalue weighted by Crippen LogP contribution is -2.70. The number of hydrogen-bond donors (Lipinski definition) is 4. The molecule has 1 heterocycles. The van der Waals surface area contributed by atoms with Crippen molar-refractivity contribution >= 4 is 17.7 Å². The van der Waals surface area contributed by atoms with E-state index in [9.17, 15) is 24.9 Å². The van der Waals surface area contributed by atoms with E-state index in [2.05, 4.69) is 23.1 Å². The number of nitrogens with zero attached hydrogens (tertiary/aromatic N) is 2. The Bertz CT molecular complexity index is 1430. The van der Waals surface area contributed by atoms with E-state index in [1.54, 1.807) is 12.1 Å². The van der Waals surface area contributed by atoms with E-state index >= 15 is 0 Å². The summed E-state index contributed by atoms with van der Waals surface area (Å²) in [5.41, 5.74) is 2.49. The van der Waals surface area contributed by atoms with Crippen LogP contribution in [0.25, 0.3) is 0 Å². The van der Waals surface area contributed by atoms with E-state index < -0.39 is 23.8 Å². The standard InChI is InChI=1S/C39H57N3O10/c1-4-20-50-39-34(42(16-21-49-22-19-45)37(46)26-12-13-26)25-32(41-48-3)30-23-27(10-6-8-17-43)29(11-7-9-18-44)35(36(30)39)31-24-28(14-15-33(31)52-39)51-38(47)40-5-2/h4,14-15,23-24,26-27,29,34-36,43-45H,1,5-13,16-22,25H2,2-3H3,(H,40,47). The lowest BCUT2D eigenvalue weighted by atomic mass is 9.55. The van der Waals surface area contributed by atoms with Crippen molar-refractivity contribution in [2.75, 3.05) is 59.8 Å². The minimum absolute atomic E-state index is 0.00260. The van der Waals surface area contributed by atoms with E-state index in [1.165, 1.54) is 7.11 Å². The van der Waals surface area contributed by atoms with Crippen LogP contribution in [0.3, 0.4) is 0 Å². The van der Waals surface area contributed by atoms with Crippen LogP contribution in [-0.4, -0.2) is 110 Å². The van der Waals surface area contributed by atoms with Gasteiger partial charge in [0.1, 0.15) is 24.7 Å². The van der Waals surface area contributed by atoms with Gasteiger partial charge in [-0.15, -0.1) is 6.58 Å². The molecule has 2 saturated carbocycles. The fourth-order valence-electron chi connectivity index (χ4n) is 8.42. The maximum absolute atomic E-state index is 14.3. The quantitative estimate of drug-likeness (QED) is 0.0814. The summed E-state index contributed by atoms with van der Waals surface area (Å²) in [5, 5.41) is 36.2. The Morgan fingerprint density at radius 1 is 1.10 bits per heavy atom. The number of fused-ring (bicyclic) bond motifs is 2. The van der Waals surface area contributed by atoms with Crippen molar-refractivity contribution in [2.45, 2.75) is 82.5 Å². The first-order chi connectivity index (χ1) is 25.4. The van der Waals surface area contributed by atoms with Gasteiger partial charge in [-0.1, -0.05) is 30.1 Å². The molecule has 6 atom stereocenters. The van der Waals surface area contributed by atoms with Crippen molar-refractivity contribution < 1.29 is 48.7 Å². The van der Waals surface area contributed by atoms with Gasteiger partial charge in [0, 0.05) is 50.1 Å². The van der Waals surface area contributed by atoms with Crippen molar-refractivity contribution in [1.82, 2.24) is 10.2 Å². The number of allylic oxidation sites excluding steroid dienone is 1. The molecule has 1 aliphatic heterocycles. The molecule has 4 aliphatic rings. The lowest BCUT2D eigenvalue weighted by molar-refractivity contribution is -0.258. The molecule has 0 bridgehead atoms. The number of aliphatic hydroxyl groups is 3. The zero-order valence-corrected chi connectivity index (χ0v) is 30.7. The molecule has 6 unspecified atom stereocenters. The van der Waals surface area contributed by atoms with Crippen molar-refractivity contribution in [3.8, 4) is 11.5 Å². The Labute approximate surface area is 307 Å². The van der Waals surface area contributed by atoms with Gasteiger partial charge < -0.3 is 49.3 Å². The Balaban J connectivity index is 1.73. The average Bonchev–Trinajstić information content (AvgIpc) is 3.99. The molecule has 1 aromatic carbocycles. The van der Waals surface area contributed by atoms with Crippen molar-refractivity contribution in [1.29, 1.82) is 0 Å². The molecule has 0 radical (unpaired) electrons. The zero-order valence-electron chi connectivity index (χ0n) is 30.7. The number of unbranched alkanes of at least 4 members (excludes halogenated alkanes) is 2. The number of oxime groups is 1. The summed E-state index contributed by atoms with van der Waals surface area (Å²) < 4.78 is 25.5. The predicted molar refractivity (Wildman–Crippen MR) is 194 cm³/mol. The molecule has 1 aromatic rings. The first-order valence-electron chi connectivity index (χ1n) is 18.9. The molecule has 13 nitrogen and oxygen atoms in total. The molecule has 4 N–H and O–H groups in total. The fourth-order valence-corrected chi connectivity index (χ4v) is 8.42. The van der Waals surface area contributed by atoms with Gasteiger partial charge in [0.2, 0.25) is 11.7 Å². The SMILES string of the molecule is C=CCOC12Oc3ccc(OC(=O)NCC)cc3C3C(CCCCO)C(CCCCO)C=C(C(=NOC)CC1N(CCOCCO)C(=O)C1CC1)C32. The van der Waals surface area contributed by atoms with Crippen LogP contribution in [0.4, 0.5) is 4.79 Å². The summed E-state index contributed by atoms with van der Waals surface area (Å²) in [4.78, 5) is 34.2. The molecule has 2 fully saturated rings. The molecular formula is C39H57N3O10. The van der Waals surface area contributed by atoms with Gasteiger partial charge >= 0.3 is 6.09 Å². The molecule has 3 aliphatic carbocycles. The van der Waals surface area contributed by atoms with Gasteiger partial charge in [-0.05, 0) is 81.1 Å². The van der Waals surface area contributed by atoms with Crippen molar-refractivity contribution in [3.05, 3.63) is 48.1 Å². The highest BCUT2D eigenvalue weighted by Crippen LogP contribution is 2.62. The van der Waals surface area contributed by atoms with Gasteiger partial charge in [0.05, 0.1) is 38.1 Å². The second kappa shape index (κ2) is 19.0. The van der Waals surface area contributed by atoms with Crippen LogP contribution < -0.4 is 14.8 Å². The summed E-state index contributed by atoms with van der Waals surface area (Å²) in [6.07, 6.45) is 9.83. The lowest BCUT2D eigenvalue weighted by Gasteiger charge is -2.60. The third-order valence-electron chi connectivity index (χ3n) is 10.7. The minimum Gasteiger partial charge on any atom is -0.459 e. The maximum Gasteiger partial charge on any atom is 0.412 e. The number of carbonyl (C=O) groups is 2. The van der Waals surface area contributed by atoms with Crippen LogP contribution in [0.5, 0.6) is 11.5 Å². The number of aliphatic hydroxyl groups excluding tert-OH is 3. The highest BCUT2D eigenvalue weighted by Gasteiger charge is 2.65. The Kier molecular flexibility index (Phi) is 14.5. The van der Waals surface area contributed by atoms with Gasteiger partial charge in [-0.3, -0.25) is 4.79 Å². The summed E-state index contributed by atoms with van der Waals surface area (Å²) in [5.74, 6) is -1.13. The van der Waals surface area contributed by atoms with Crippen molar-refractivity contribution in [3.63, 3.8) is 0 Å². The molecule has 0 aromatic heterocycles. The molecule has 52 heavy (non-hydrogen) atoms. The summed E-state index contributed by atoms with van der Waals surface area (Å²) in [6, 6.07) is 4.77. The third-order valence-corrected chi connectivity index (χ3v) is 10.7. The Morgan fingerprint density at radius 3 is 2.54 bits per heavy atom. The average molecular weight is 728 g/mol. The largest absolute Gasteiger partial charge is 0.459 e. The third kappa shape index (κ3) is 8.82. The molecule has 13 heteroatoms. The van der Waals surface area contributed by atoms with Crippen LogP contribution in [0.1, 0.15) is 76.2 Å². The Morgan fingerprint density at radius 2 is 1.87 bits per heavy atom. The molecule has 0 saturated heterocycles. The number of benzene rings is 1. The molecule has 2 amide bonds. The monoisotopic (exact) mass is 727 g/mol. The van der Waals surface area contributed by atoms with Gasteiger partial charge in [-0.2, -0.15) is 0 Å². The maximum atomic E-state index is 14.3. The van der Waals surface area contributed by atoms with Crippen LogP contribution in [0.2, 0.25) is 0 Å². The predicted octanol–water partition coefficient (Wildman–Crippen LogP) is 4.31. The van der Waals surface area contributed by atoms with Crippen molar-refractivity contribution in [2.24, 2.45) is 28.8 Å². The van der Waals surface area contributed by atoms with E-state index in [1.807, 2.05) is 24.0 Å². The summed E-state index contributed by atoms with van der Waals surface area (Å²) in [6.45, 7) is 7.04. The second-order valence-corrected chi connectivity index (χ2v) is 14.0. The minimum atomic E-state index is -1.38. The van der Waals surface area contributed by atoms with E-state index in [4.69, 9.17) is 23.8 Å². The first kappa shape index (κ1) is 39.7. The number of hydrogen-bond acceptors (Lipinski definition) is 11. The number of amides is 2. The van der Waals surface area contributed by atoms with Crippen LogP contribution in [0.15, 0.2) is 47.7 Å². The molecule has 288 valence electrons. The first-order valence-corrected chi connectivity index (χ1v) is 18.9. The molecular weight excluding hydrogens is 670 g/mol. The fraction of sp³-hybridized carbons (Fsp3) is 0.667. The second-order valence-electron chi connectivity index (χ2n) is 14.0. The van der Waals surface area contributed by atoms with E-state index in [0.29, 0.717) is 43.0 Å². The smallest absolute Gasteiger partial charge is 0.412 e. The molecule has 0 spiro atoms. The number of rotatable bonds is 21. The highest BCUT2D eigenvalue weighted by molar-refractivity contribution is 6.03. The van der Waals surface area contributed by atoms with Gasteiger partial charge in [0.25, 0.3) is 0 Å². The van der Waals surface area contributed by atoms with E-state index in [-0.39, 0.29) is 75.8 Å². The normalized spacial score (nSPS) is 26.8. The number of carbonyl (C=O) groups excluding carboxylic acids is 2. The van der Waals surface area contributed by atoms with Crippen LogP contribution in [0, 0.1) is 23.7 Å². The number of ether oxygens (including phenoxy) is 4. The van der Waals surface area contributed by atoms with Crippen LogP contribution in [-0.2, 0) is 19.1 Å². The summed E-state index contributed by atoms with van der Waals surface area (Å²) >= 11 is 0. The highest BCUT2D eigenvalue weighted by atomic mass is 16.7. The zero-order chi connectivity index (χ0) is 37.1. The van der Waals surface area contributed by atoms with Crippen LogP contribution >= 0.6 is 0 Å². The van der Waals surface area contributed by atoms with E-state index in [0.717, 1.165) is 49.7 Å². The summed E-state index contributed by atoms with van der Waals surface area (Å²) in [7, 11) is 1.52. The van der Waals surface area contributed by atoms with Gasteiger partial charge in [-0.25, -0.2) is 4.79 Å². The topological polar surface area (TPSA) is 169 Å². The number of nitrogens with one attached hydrogen (secondary N) is 1.